The molecule has 0 radical (unpaired) electrons. The molecule has 0 aliphatic rings. The fourth-order valence-electron chi connectivity index (χ4n) is 2.78. The minimum absolute atomic E-state index is 0.217. The molecule has 0 saturated heterocycles. The van der Waals surface area contributed by atoms with Crippen molar-refractivity contribution in [2.45, 2.75) is 34.2 Å². The van der Waals surface area contributed by atoms with Gasteiger partial charge >= 0.3 is 0 Å². The van der Waals surface area contributed by atoms with Gasteiger partial charge in [-0.1, -0.05) is 35.9 Å². The lowest BCUT2D eigenvalue weighted by Crippen LogP contribution is -2.24. The molecule has 5 heteroatoms. The number of amides is 1. The van der Waals surface area contributed by atoms with Crippen LogP contribution in [0.3, 0.4) is 0 Å². The van der Waals surface area contributed by atoms with Gasteiger partial charge in [-0.25, -0.2) is 9.97 Å². The number of nitrogens with one attached hydrogen (secondary N) is 2. The van der Waals surface area contributed by atoms with Gasteiger partial charge in [-0.3, -0.25) is 4.79 Å². The van der Waals surface area contributed by atoms with E-state index in [9.17, 15) is 4.79 Å². The van der Waals surface area contributed by atoms with Crippen molar-refractivity contribution in [1.29, 1.82) is 0 Å². The second kappa shape index (κ2) is 7.99. The third-order valence-corrected chi connectivity index (χ3v) is 4.39. The second-order valence-corrected chi connectivity index (χ2v) is 6.81. The molecule has 3 aromatic rings. The Labute approximate surface area is 159 Å². The van der Waals surface area contributed by atoms with E-state index in [-0.39, 0.29) is 5.91 Å². The van der Waals surface area contributed by atoms with E-state index in [1.165, 1.54) is 16.7 Å². The van der Waals surface area contributed by atoms with E-state index < -0.39 is 0 Å². The normalized spacial score (nSPS) is 10.5. The first-order valence-corrected chi connectivity index (χ1v) is 8.94. The average Bonchev–Trinajstić information content (AvgIpc) is 2.62. The van der Waals surface area contributed by atoms with Gasteiger partial charge in [0.2, 0.25) is 5.95 Å². The summed E-state index contributed by atoms with van der Waals surface area (Å²) in [6.07, 6.45) is 0. The van der Waals surface area contributed by atoms with Crippen molar-refractivity contribution < 1.29 is 4.79 Å². The largest absolute Gasteiger partial charge is 0.347 e. The number of carbonyl (C=O) groups excluding carboxylic acids is 1. The van der Waals surface area contributed by atoms with Gasteiger partial charge < -0.3 is 10.6 Å². The summed E-state index contributed by atoms with van der Waals surface area (Å²) < 4.78 is 0. The standard InChI is InChI=1S/C22H24N4O/c1-14-6-5-7-18(10-14)13-23-21(27)20-12-17(4)24-22(26-20)25-19-9-8-15(2)16(3)11-19/h5-12H,13H2,1-4H3,(H,23,27)(H,24,25,26). The average molecular weight is 360 g/mol. The van der Waals surface area contributed by atoms with Gasteiger partial charge in [0.25, 0.3) is 5.91 Å². The monoisotopic (exact) mass is 360 g/mol. The Balaban J connectivity index is 1.73. The molecule has 27 heavy (non-hydrogen) atoms. The number of nitrogens with zero attached hydrogens (tertiary/aromatic N) is 2. The van der Waals surface area contributed by atoms with Crippen molar-refractivity contribution in [1.82, 2.24) is 15.3 Å². The van der Waals surface area contributed by atoms with Gasteiger partial charge in [-0.15, -0.1) is 0 Å². The molecule has 0 bridgehead atoms. The molecule has 138 valence electrons. The summed E-state index contributed by atoms with van der Waals surface area (Å²) in [7, 11) is 0. The van der Waals surface area contributed by atoms with Crippen molar-refractivity contribution in [2.75, 3.05) is 5.32 Å². The summed E-state index contributed by atoms with van der Waals surface area (Å²) in [4.78, 5) is 21.3. The van der Waals surface area contributed by atoms with Crippen LogP contribution in [0.5, 0.6) is 0 Å². The highest BCUT2D eigenvalue weighted by Crippen LogP contribution is 2.18. The van der Waals surface area contributed by atoms with Gasteiger partial charge in [-0.05, 0) is 62.6 Å². The topological polar surface area (TPSA) is 66.9 Å². The second-order valence-electron chi connectivity index (χ2n) is 6.81. The van der Waals surface area contributed by atoms with E-state index in [1.807, 2.05) is 50.2 Å². The molecule has 1 amide bonds. The minimum atomic E-state index is -0.217. The Morgan fingerprint density at radius 2 is 1.74 bits per heavy atom. The van der Waals surface area contributed by atoms with E-state index in [1.54, 1.807) is 6.07 Å². The predicted molar refractivity (Wildman–Crippen MR) is 108 cm³/mol. The Kier molecular flexibility index (Phi) is 5.50. The van der Waals surface area contributed by atoms with Gasteiger partial charge in [-0.2, -0.15) is 0 Å². The van der Waals surface area contributed by atoms with Gasteiger partial charge in [0.15, 0.2) is 0 Å². The number of carbonyl (C=O) groups is 1. The van der Waals surface area contributed by atoms with E-state index in [0.29, 0.717) is 18.2 Å². The number of hydrogen-bond acceptors (Lipinski definition) is 4. The molecule has 0 aliphatic carbocycles. The van der Waals surface area contributed by atoms with Crippen LogP contribution in [0, 0.1) is 27.7 Å². The van der Waals surface area contributed by atoms with E-state index in [4.69, 9.17) is 0 Å². The summed E-state index contributed by atoms with van der Waals surface area (Å²) in [5.74, 6) is 0.198. The maximum atomic E-state index is 12.5. The number of hydrogen-bond donors (Lipinski definition) is 2. The lowest BCUT2D eigenvalue weighted by atomic mass is 10.1. The molecule has 0 atom stereocenters. The third-order valence-electron chi connectivity index (χ3n) is 4.39. The van der Waals surface area contributed by atoms with Gasteiger partial charge in [0.1, 0.15) is 5.69 Å². The number of aryl methyl sites for hydroxylation is 4. The molecule has 1 aromatic heterocycles. The quantitative estimate of drug-likeness (QED) is 0.708. The fraction of sp³-hybridized carbons (Fsp3) is 0.227. The highest BCUT2D eigenvalue weighted by Gasteiger charge is 2.11. The fourth-order valence-corrected chi connectivity index (χ4v) is 2.78. The molecular weight excluding hydrogens is 336 g/mol. The van der Waals surface area contributed by atoms with Gasteiger partial charge in [0, 0.05) is 17.9 Å². The molecule has 0 saturated carbocycles. The third kappa shape index (κ3) is 4.91. The molecule has 1 heterocycles. The van der Waals surface area contributed by atoms with Crippen LogP contribution in [0.4, 0.5) is 11.6 Å². The van der Waals surface area contributed by atoms with E-state index >= 15 is 0 Å². The van der Waals surface area contributed by atoms with E-state index in [2.05, 4.69) is 40.5 Å². The number of aromatic nitrogens is 2. The Morgan fingerprint density at radius 1 is 0.926 bits per heavy atom. The summed E-state index contributed by atoms with van der Waals surface area (Å²) in [6, 6.07) is 15.8. The molecule has 0 spiro atoms. The van der Waals surface area contributed by atoms with Crippen LogP contribution in [-0.4, -0.2) is 15.9 Å². The first-order valence-electron chi connectivity index (χ1n) is 8.94. The maximum absolute atomic E-state index is 12.5. The zero-order valence-corrected chi connectivity index (χ0v) is 16.1. The van der Waals surface area contributed by atoms with E-state index in [0.717, 1.165) is 16.9 Å². The van der Waals surface area contributed by atoms with Crippen LogP contribution in [0.25, 0.3) is 0 Å². The Hall–Kier alpha value is -3.21. The molecule has 0 unspecified atom stereocenters. The summed E-state index contributed by atoms with van der Waals surface area (Å²) >= 11 is 0. The van der Waals surface area contributed by atoms with Crippen LogP contribution in [-0.2, 0) is 6.54 Å². The van der Waals surface area contributed by atoms with Crippen molar-refractivity contribution in [3.8, 4) is 0 Å². The highest BCUT2D eigenvalue weighted by atomic mass is 16.1. The first kappa shape index (κ1) is 18.6. The molecule has 3 rings (SSSR count). The van der Waals surface area contributed by atoms with Crippen LogP contribution < -0.4 is 10.6 Å². The molecule has 0 fully saturated rings. The van der Waals surface area contributed by atoms with Crippen molar-refractivity contribution in [2.24, 2.45) is 0 Å². The molecule has 0 aliphatic heterocycles. The lowest BCUT2D eigenvalue weighted by Gasteiger charge is -2.10. The van der Waals surface area contributed by atoms with Crippen molar-refractivity contribution in [3.63, 3.8) is 0 Å². The van der Waals surface area contributed by atoms with Crippen molar-refractivity contribution >= 4 is 17.5 Å². The Bertz CT molecular complexity index is 982. The van der Waals surface area contributed by atoms with Crippen LogP contribution in [0.2, 0.25) is 0 Å². The SMILES string of the molecule is Cc1cccc(CNC(=O)c2cc(C)nc(Nc3ccc(C)c(C)c3)n2)c1. The maximum Gasteiger partial charge on any atom is 0.270 e. The van der Waals surface area contributed by atoms with Gasteiger partial charge in [0.05, 0.1) is 0 Å². The summed E-state index contributed by atoms with van der Waals surface area (Å²) in [5.41, 5.74) is 6.61. The zero-order chi connectivity index (χ0) is 19.4. The van der Waals surface area contributed by atoms with Crippen LogP contribution in [0.1, 0.15) is 38.4 Å². The number of anilines is 2. The lowest BCUT2D eigenvalue weighted by molar-refractivity contribution is 0.0945. The molecule has 5 nitrogen and oxygen atoms in total. The predicted octanol–water partition coefficient (Wildman–Crippen LogP) is 4.38. The summed E-state index contributed by atoms with van der Waals surface area (Å²) in [6.45, 7) is 8.47. The van der Waals surface area contributed by atoms with Crippen LogP contribution in [0.15, 0.2) is 48.5 Å². The Morgan fingerprint density at radius 3 is 2.48 bits per heavy atom. The van der Waals surface area contributed by atoms with Crippen LogP contribution >= 0.6 is 0 Å². The highest BCUT2D eigenvalue weighted by molar-refractivity contribution is 5.92. The van der Waals surface area contributed by atoms with Crippen molar-refractivity contribution in [3.05, 3.63) is 82.2 Å². The zero-order valence-electron chi connectivity index (χ0n) is 16.1. The number of benzene rings is 2. The molecule has 2 aromatic carbocycles. The minimum Gasteiger partial charge on any atom is -0.347 e. The summed E-state index contributed by atoms with van der Waals surface area (Å²) in [5, 5.41) is 6.11. The molecular formula is C22H24N4O. The smallest absolute Gasteiger partial charge is 0.270 e. The molecule has 2 N–H and O–H groups in total. The number of rotatable bonds is 5. The first-order chi connectivity index (χ1) is 12.9.